The molecule has 0 aromatic rings. The Morgan fingerprint density at radius 3 is 2.37 bits per heavy atom. The molecule has 0 aliphatic rings. The lowest BCUT2D eigenvalue weighted by Gasteiger charge is -2.19. The minimum absolute atomic E-state index is 0.134. The molecule has 2 atom stereocenters. The molecular formula is C14H27N2O8PS2. The number of oxime groups is 1. The van der Waals surface area contributed by atoms with Crippen LogP contribution in [0.25, 0.3) is 0 Å². The van der Waals surface area contributed by atoms with E-state index in [0.29, 0.717) is 17.8 Å². The first kappa shape index (κ1) is 26.1. The van der Waals surface area contributed by atoms with Crippen molar-refractivity contribution in [3.8, 4) is 0 Å². The minimum atomic E-state index is -3.54. The standard InChI is InChI=1S/C14H27N2O8PS2/c1-7-9-23-25(19,22-8-2)26-11(3)12(17)16-13(18)24-15-10-14(4,5)27(6,20)21/h10-11H,7-9H2,1-6H3,(H,16,17,18)/t11-,25?/m0/s1. The van der Waals surface area contributed by atoms with Crippen LogP contribution in [0.1, 0.15) is 41.0 Å². The van der Waals surface area contributed by atoms with Gasteiger partial charge < -0.3 is 9.05 Å². The Bertz CT molecular complexity index is 693. The molecule has 0 saturated carbocycles. The van der Waals surface area contributed by atoms with Gasteiger partial charge in [-0.05, 0) is 45.5 Å². The average molecular weight is 446 g/mol. The highest BCUT2D eigenvalue weighted by atomic mass is 32.7. The maximum atomic E-state index is 12.5. The van der Waals surface area contributed by atoms with Crippen LogP contribution >= 0.6 is 18.2 Å². The summed E-state index contributed by atoms with van der Waals surface area (Å²) in [5.41, 5.74) is 0. The first-order valence-electron chi connectivity index (χ1n) is 8.11. The van der Waals surface area contributed by atoms with Gasteiger partial charge in [-0.15, -0.1) is 0 Å². The van der Waals surface area contributed by atoms with Gasteiger partial charge in [0.15, 0.2) is 9.84 Å². The molecule has 0 bridgehead atoms. The van der Waals surface area contributed by atoms with Crippen molar-refractivity contribution >= 4 is 46.2 Å². The maximum Gasteiger partial charge on any atom is 0.440 e. The third-order valence-electron chi connectivity index (χ3n) is 3.08. The van der Waals surface area contributed by atoms with Crippen LogP contribution in [0, 0.1) is 0 Å². The molecule has 1 N–H and O–H groups in total. The molecule has 0 saturated heterocycles. The van der Waals surface area contributed by atoms with Gasteiger partial charge >= 0.3 is 12.9 Å². The molecule has 0 aliphatic carbocycles. The molecule has 0 radical (unpaired) electrons. The summed E-state index contributed by atoms with van der Waals surface area (Å²) < 4.78 is 44.5. The Balaban J connectivity index is 4.74. The summed E-state index contributed by atoms with van der Waals surface area (Å²) in [4.78, 5) is 28.0. The lowest BCUT2D eigenvalue weighted by Crippen LogP contribution is -2.36. The van der Waals surface area contributed by atoms with Crippen LogP contribution in [-0.2, 0) is 33.1 Å². The van der Waals surface area contributed by atoms with Gasteiger partial charge in [0.05, 0.1) is 24.7 Å². The summed E-state index contributed by atoms with van der Waals surface area (Å²) in [7, 11) is -3.46. The lowest BCUT2D eigenvalue weighted by atomic mass is 10.2. The second-order valence-corrected chi connectivity index (χ2v) is 12.8. The smallest absolute Gasteiger partial charge is 0.301 e. The van der Waals surface area contributed by atoms with Crippen molar-refractivity contribution in [2.45, 2.75) is 51.0 Å². The number of nitrogens with zero attached hydrogens (tertiary/aromatic N) is 1. The van der Waals surface area contributed by atoms with Gasteiger partial charge in [-0.25, -0.2) is 17.8 Å². The van der Waals surface area contributed by atoms with Crippen LogP contribution in [0.15, 0.2) is 5.16 Å². The quantitative estimate of drug-likeness (QED) is 0.220. The molecule has 27 heavy (non-hydrogen) atoms. The molecule has 0 heterocycles. The van der Waals surface area contributed by atoms with Crippen LogP contribution in [-0.4, -0.2) is 56.1 Å². The van der Waals surface area contributed by atoms with E-state index in [0.717, 1.165) is 12.5 Å². The van der Waals surface area contributed by atoms with E-state index in [4.69, 9.17) is 9.05 Å². The van der Waals surface area contributed by atoms with Crippen molar-refractivity contribution in [2.75, 3.05) is 19.5 Å². The summed E-state index contributed by atoms with van der Waals surface area (Å²) in [5, 5.41) is 4.25. The molecule has 0 aliphatic heterocycles. The molecule has 1 unspecified atom stereocenters. The van der Waals surface area contributed by atoms with E-state index < -0.39 is 38.6 Å². The highest BCUT2D eigenvalue weighted by Gasteiger charge is 2.32. The second kappa shape index (κ2) is 11.2. The monoisotopic (exact) mass is 446 g/mol. The topological polar surface area (TPSA) is 137 Å². The predicted octanol–water partition coefficient (Wildman–Crippen LogP) is 2.74. The fraction of sp³-hybridized carbons (Fsp3) is 0.786. The first-order chi connectivity index (χ1) is 12.3. The van der Waals surface area contributed by atoms with Crippen LogP contribution in [0.4, 0.5) is 4.79 Å². The van der Waals surface area contributed by atoms with Crippen LogP contribution in [0.2, 0.25) is 0 Å². The van der Waals surface area contributed by atoms with E-state index in [1.807, 2.05) is 12.2 Å². The third kappa shape index (κ3) is 9.70. The van der Waals surface area contributed by atoms with Gasteiger partial charge in [-0.1, -0.05) is 12.1 Å². The molecule has 0 fully saturated rings. The molecule has 158 valence electrons. The number of imide groups is 1. The molecule has 13 heteroatoms. The summed E-state index contributed by atoms with van der Waals surface area (Å²) >= 11 is 0.667. The second-order valence-electron chi connectivity index (χ2n) is 5.92. The fourth-order valence-electron chi connectivity index (χ4n) is 1.22. The number of nitrogens with one attached hydrogen (secondary N) is 1. The number of sulfone groups is 1. The molecule has 2 amide bonds. The van der Waals surface area contributed by atoms with Gasteiger partial charge in [-0.2, -0.15) is 0 Å². The average Bonchev–Trinajstić information content (AvgIpc) is 2.51. The van der Waals surface area contributed by atoms with E-state index in [1.54, 1.807) is 6.92 Å². The SMILES string of the molecule is CCCOP(=O)(OCC)S[C@@H](C)C(=O)NC(=O)ON=CC(C)(C)S(C)(=O)=O. The van der Waals surface area contributed by atoms with Crippen molar-refractivity contribution < 1.29 is 36.5 Å². The summed E-state index contributed by atoms with van der Waals surface area (Å²) in [6.45, 7) is 4.43. The van der Waals surface area contributed by atoms with Gasteiger partial charge in [-0.3, -0.25) is 14.9 Å². The van der Waals surface area contributed by atoms with Crippen LogP contribution < -0.4 is 5.32 Å². The van der Waals surface area contributed by atoms with Gasteiger partial charge in [0.2, 0.25) is 5.91 Å². The highest BCUT2D eigenvalue weighted by Crippen LogP contribution is 2.62. The molecule has 10 nitrogen and oxygen atoms in total. The predicted molar refractivity (Wildman–Crippen MR) is 105 cm³/mol. The molecule has 0 aromatic carbocycles. The van der Waals surface area contributed by atoms with Crippen molar-refractivity contribution in [2.24, 2.45) is 5.16 Å². The molecule has 0 aromatic heterocycles. The van der Waals surface area contributed by atoms with Crippen molar-refractivity contribution in [3.05, 3.63) is 0 Å². The number of amides is 2. The summed E-state index contributed by atoms with van der Waals surface area (Å²) in [6, 6.07) is 0. The number of carbonyl (C=O) groups excluding carboxylic acids is 2. The Hall–Kier alpha value is -0.940. The van der Waals surface area contributed by atoms with Gasteiger partial charge in [0.25, 0.3) is 0 Å². The Labute approximate surface area is 164 Å². The van der Waals surface area contributed by atoms with E-state index >= 15 is 0 Å². The highest BCUT2D eigenvalue weighted by molar-refractivity contribution is 8.55. The Kier molecular flexibility index (Phi) is 10.8. The van der Waals surface area contributed by atoms with Crippen LogP contribution in [0.5, 0.6) is 0 Å². The summed E-state index contributed by atoms with van der Waals surface area (Å²) in [6.07, 6.45) is 1.37. The third-order valence-corrected chi connectivity index (χ3v) is 9.31. The first-order valence-corrected chi connectivity index (χ1v) is 13.0. The van der Waals surface area contributed by atoms with E-state index in [-0.39, 0.29) is 13.2 Å². The summed E-state index contributed by atoms with van der Waals surface area (Å²) in [5.74, 6) is -0.789. The van der Waals surface area contributed by atoms with Crippen molar-refractivity contribution in [1.82, 2.24) is 5.32 Å². The van der Waals surface area contributed by atoms with Crippen molar-refractivity contribution in [3.63, 3.8) is 0 Å². The fourth-order valence-corrected chi connectivity index (χ4v) is 5.27. The number of rotatable bonds is 11. The molecule has 0 spiro atoms. The van der Waals surface area contributed by atoms with E-state index in [9.17, 15) is 22.6 Å². The van der Waals surface area contributed by atoms with Gasteiger partial charge in [0.1, 0.15) is 4.75 Å². The number of carbonyl (C=O) groups is 2. The zero-order valence-electron chi connectivity index (χ0n) is 16.3. The van der Waals surface area contributed by atoms with Gasteiger partial charge in [0, 0.05) is 6.26 Å². The minimum Gasteiger partial charge on any atom is -0.301 e. The zero-order chi connectivity index (χ0) is 21.3. The Morgan fingerprint density at radius 1 is 1.30 bits per heavy atom. The normalized spacial score (nSPS) is 15.9. The van der Waals surface area contributed by atoms with Crippen molar-refractivity contribution in [1.29, 1.82) is 0 Å². The molecule has 0 rings (SSSR count). The Morgan fingerprint density at radius 2 is 1.89 bits per heavy atom. The number of hydrogen-bond donors (Lipinski definition) is 1. The van der Waals surface area contributed by atoms with E-state index in [1.165, 1.54) is 20.8 Å². The lowest BCUT2D eigenvalue weighted by molar-refractivity contribution is -0.119. The van der Waals surface area contributed by atoms with E-state index in [2.05, 4.69) is 9.99 Å². The zero-order valence-corrected chi connectivity index (χ0v) is 18.8. The maximum absolute atomic E-state index is 12.5. The number of hydrogen-bond acceptors (Lipinski definition) is 10. The van der Waals surface area contributed by atoms with Crippen LogP contribution in [0.3, 0.4) is 0 Å². The molecular weight excluding hydrogens is 419 g/mol. The largest absolute Gasteiger partial charge is 0.440 e.